The van der Waals surface area contributed by atoms with Crippen LogP contribution in [0.4, 0.5) is 5.69 Å². The fourth-order valence-corrected chi connectivity index (χ4v) is 2.19. The third-order valence-electron chi connectivity index (χ3n) is 3.32. The van der Waals surface area contributed by atoms with Crippen molar-refractivity contribution in [3.63, 3.8) is 0 Å². The van der Waals surface area contributed by atoms with Gasteiger partial charge in [-0.15, -0.1) is 0 Å². The molecule has 1 fully saturated rings. The number of nitro groups is 1. The van der Waals surface area contributed by atoms with E-state index >= 15 is 0 Å². The highest BCUT2D eigenvalue weighted by Gasteiger charge is 2.28. The lowest BCUT2D eigenvalue weighted by atomic mass is 9.82. The summed E-state index contributed by atoms with van der Waals surface area (Å²) < 4.78 is 5.74. The Balaban J connectivity index is 1.73. The molecule has 0 unspecified atom stereocenters. The number of ether oxygens (including phenoxy) is 1. The van der Waals surface area contributed by atoms with Crippen molar-refractivity contribution in [1.29, 1.82) is 0 Å². The molecule has 98 valence electrons. The molecular formula is C13H18N2O3. The van der Waals surface area contributed by atoms with E-state index in [1.165, 1.54) is 12.1 Å². The molecule has 0 atom stereocenters. The SMILES string of the molecule is CNCC1CC(OCc2ccc([N+](=O)[O-])cc2)C1. The molecule has 0 spiro atoms. The van der Waals surface area contributed by atoms with E-state index in [0.717, 1.165) is 30.9 Å². The number of benzene rings is 1. The molecule has 0 radical (unpaired) electrons. The summed E-state index contributed by atoms with van der Waals surface area (Å²) in [5, 5.41) is 13.7. The van der Waals surface area contributed by atoms with Crippen LogP contribution in [0.15, 0.2) is 24.3 Å². The first-order valence-corrected chi connectivity index (χ1v) is 6.18. The second kappa shape index (κ2) is 5.93. The second-order valence-corrected chi connectivity index (χ2v) is 4.75. The van der Waals surface area contributed by atoms with Crippen LogP contribution < -0.4 is 5.32 Å². The number of hydrogen-bond acceptors (Lipinski definition) is 4. The highest BCUT2D eigenvalue weighted by molar-refractivity contribution is 5.32. The average molecular weight is 250 g/mol. The standard InChI is InChI=1S/C13H18N2O3/c1-14-8-11-6-13(7-11)18-9-10-2-4-12(5-3-10)15(16)17/h2-5,11,13-14H,6-9H2,1H3. The summed E-state index contributed by atoms with van der Waals surface area (Å²) in [6, 6.07) is 6.54. The van der Waals surface area contributed by atoms with Crippen molar-refractivity contribution < 1.29 is 9.66 Å². The lowest BCUT2D eigenvalue weighted by Crippen LogP contribution is -2.36. The van der Waals surface area contributed by atoms with Gasteiger partial charge in [0.15, 0.2) is 0 Å². The van der Waals surface area contributed by atoms with E-state index in [0.29, 0.717) is 12.7 Å². The van der Waals surface area contributed by atoms with Gasteiger partial charge in [0.1, 0.15) is 0 Å². The topological polar surface area (TPSA) is 64.4 Å². The van der Waals surface area contributed by atoms with E-state index in [1.54, 1.807) is 12.1 Å². The third-order valence-corrected chi connectivity index (χ3v) is 3.32. The largest absolute Gasteiger partial charge is 0.374 e. The molecule has 0 heterocycles. The zero-order valence-electron chi connectivity index (χ0n) is 10.5. The van der Waals surface area contributed by atoms with Crippen LogP contribution in [0, 0.1) is 16.0 Å². The van der Waals surface area contributed by atoms with Crippen molar-refractivity contribution >= 4 is 5.69 Å². The Hall–Kier alpha value is -1.46. The summed E-state index contributed by atoms with van der Waals surface area (Å²) in [6.45, 7) is 1.59. The molecule has 1 aromatic carbocycles. The number of non-ortho nitro benzene ring substituents is 1. The third kappa shape index (κ3) is 3.27. The first-order valence-electron chi connectivity index (χ1n) is 6.18. The minimum atomic E-state index is -0.390. The molecule has 2 rings (SSSR count). The van der Waals surface area contributed by atoms with Gasteiger partial charge in [-0.2, -0.15) is 0 Å². The maximum Gasteiger partial charge on any atom is 0.269 e. The van der Waals surface area contributed by atoms with E-state index in [4.69, 9.17) is 4.74 Å². The molecular weight excluding hydrogens is 232 g/mol. The van der Waals surface area contributed by atoms with Crippen molar-refractivity contribution in [2.24, 2.45) is 5.92 Å². The Morgan fingerprint density at radius 2 is 2.06 bits per heavy atom. The summed E-state index contributed by atoms with van der Waals surface area (Å²) in [5.41, 5.74) is 1.11. The molecule has 1 N–H and O–H groups in total. The minimum Gasteiger partial charge on any atom is -0.374 e. The van der Waals surface area contributed by atoms with Crippen LogP contribution in [0.25, 0.3) is 0 Å². The van der Waals surface area contributed by atoms with E-state index in [2.05, 4.69) is 5.32 Å². The Labute approximate surface area is 106 Å². The quantitative estimate of drug-likeness (QED) is 0.620. The van der Waals surface area contributed by atoms with Crippen LogP contribution in [0.1, 0.15) is 18.4 Å². The molecule has 1 aliphatic carbocycles. The van der Waals surface area contributed by atoms with E-state index in [-0.39, 0.29) is 10.6 Å². The molecule has 0 saturated heterocycles. The number of nitrogens with zero attached hydrogens (tertiary/aromatic N) is 1. The van der Waals surface area contributed by atoms with E-state index in [9.17, 15) is 10.1 Å². The van der Waals surface area contributed by atoms with E-state index in [1.807, 2.05) is 7.05 Å². The first-order chi connectivity index (χ1) is 8.69. The molecule has 1 aliphatic rings. The van der Waals surface area contributed by atoms with Crippen LogP contribution in [0.2, 0.25) is 0 Å². The monoisotopic (exact) mass is 250 g/mol. The van der Waals surface area contributed by atoms with Gasteiger partial charge in [0, 0.05) is 12.1 Å². The van der Waals surface area contributed by atoms with Crippen molar-refractivity contribution in [1.82, 2.24) is 5.32 Å². The predicted molar refractivity (Wildman–Crippen MR) is 68.3 cm³/mol. The van der Waals surface area contributed by atoms with Gasteiger partial charge in [-0.1, -0.05) is 0 Å². The molecule has 5 nitrogen and oxygen atoms in total. The molecule has 0 aromatic heterocycles. The second-order valence-electron chi connectivity index (χ2n) is 4.75. The number of nitro benzene ring substituents is 1. The summed E-state index contributed by atoms with van der Waals surface area (Å²) in [4.78, 5) is 10.1. The molecule has 0 aliphatic heterocycles. The van der Waals surface area contributed by atoms with Gasteiger partial charge in [0.05, 0.1) is 17.6 Å². The Morgan fingerprint density at radius 3 is 2.61 bits per heavy atom. The molecule has 0 amide bonds. The summed E-state index contributed by atoms with van der Waals surface area (Å²) >= 11 is 0. The summed E-state index contributed by atoms with van der Waals surface area (Å²) in [6.07, 6.45) is 2.56. The highest BCUT2D eigenvalue weighted by Crippen LogP contribution is 2.30. The zero-order valence-corrected chi connectivity index (χ0v) is 10.5. The zero-order chi connectivity index (χ0) is 13.0. The number of rotatable bonds is 6. The van der Waals surface area contributed by atoms with Crippen LogP contribution in [-0.4, -0.2) is 24.6 Å². The normalized spacial score (nSPS) is 22.5. The highest BCUT2D eigenvalue weighted by atomic mass is 16.6. The van der Waals surface area contributed by atoms with Crippen molar-refractivity contribution in [2.45, 2.75) is 25.6 Å². The maximum absolute atomic E-state index is 10.5. The maximum atomic E-state index is 10.5. The van der Waals surface area contributed by atoms with Crippen molar-refractivity contribution in [3.8, 4) is 0 Å². The summed E-state index contributed by atoms with van der Waals surface area (Å²) in [5.74, 6) is 0.733. The molecule has 1 aromatic rings. The first kappa shape index (κ1) is 13.0. The molecule has 1 saturated carbocycles. The fraction of sp³-hybridized carbons (Fsp3) is 0.538. The van der Waals surface area contributed by atoms with Gasteiger partial charge in [0.2, 0.25) is 0 Å². The molecule has 0 bridgehead atoms. The minimum absolute atomic E-state index is 0.122. The number of hydrogen-bond donors (Lipinski definition) is 1. The Morgan fingerprint density at radius 1 is 1.39 bits per heavy atom. The van der Waals surface area contributed by atoms with Crippen molar-refractivity contribution in [2.75, 3.05) is 13.6 Å². The lowest BCUT2D eigenvalue weighted by molar-refractivity contribution is -0.384. The Bertz CT molecular complexity index is 399. The van der Waals surface area contributed by atoms with Crippen LogP contribution in [0.3, 0.4) is 0 Å². The lowest BCUT2D eigenvalue weighted by Gasteiger charge is -2.35. The van der Waals surface area contributed by atoms with Crippen LogP contribution in [0.5, 0.6) is 0 Å². The van der Waals surface area contributed by atoms with E-state index < -0.39 is 0 Å². The molecule has 5 heteroatoms. The fourth-order valence-electron chi connectivity index (χ4n) is 2.19. The van der Waals surface area contributed by atoms with Gasteiger partial charge in [-0.05, 0) is 50.0 Å². The van der Waals surface area contributed by atoms with Gasteiger partial charge in [-0.3, -0.25) is 10.1 Å². The summed E-state index contributed by atoms with van der Waals surface area (Å²) in [7, 11) is 1.96. The Kier molecular flexibility index (Phi) is 4.28. The number of nitrogens with one attached hydrogen (secondary N) is 1. The van der Waals surface area contributed by atoms with Gasteiger partial charge >= 0.3 is 0 Å². The average Bonchev–Trinajstić information content (AvgIpc) is 2.32. The van der Waals surface area contributed by atoms with Gasteiger partial charge < -0.3 is 10.1 Å². The van der Waals surface area contributed by atoms with Crippen LogP contribution >= 0.6 is 0 Å². The molecule has 18 heavy (non-hydrogen) atoms. The smallest absolute Gasteiger partial charge is 0.269 e. The van der Waals surface area contributed by atoms with Crippen LogP contribution in [-0.2, 0) is 11.3 Å². The van der Waals surface area contributed by atoms with Gasteiger partial charge in [-0.25, -0.2) is 0 Å². The predicted octanol–water partition coefficient (Wildman–Crippen LogP) is 2.11. The van der Waals surface area contributed by atoms with Gasteiger partial charge in [0.25, 0.3) is 5.69 Å². The van der Waals surface area contributed by atoms with Crippen molar-refractivity contribution in [3.05, 3.63) is 39.9 Å².